The van der Waals surface area contributed by atoms with Crippen LogP contribution in [0.3, 0.4) is 0 Å². The third-order valence-electron chi connectivity index (χ3n) is 11.1. The van der Waals surface area contributed by atoms with Crippen molar-refractivity contribution in [1.29, 1.82) is 0 Å². The third kappa shape index (κ3) is 21.8. The summed E-state index contributed by atoms with van der Waals surface area (Å²) in [7, 11) is 2.19. The van der Waals surface area contributed by atoms with E-state index in [-0.39, 0.29) is 5.54 Å². The van der Waals surface area contributed by atoms with E-state index in [1.54, 1.807) is 6.26 Å². The van der Waals surface area contributed by atoms with Crippen LogP contribution in [-0.2, 0) is 9.47 Å². The van der Waals surface area contributed by atoms with Gasteiger partial charge in [-0.2, -0.15) is 0 Å². The quantitative estimate of drug-likeness (QED) is 0.272. The zero-order valence-electron chi connectivity index (χ0n) is 38.7. The Kier molecular flexibility index (Phi) is 22.0. The van der Waals surface area contributed by atoms with Gasteiger partial charge in [0.05, 0.1) is 26.0 Å². The van der Waals surface area contributed by atoms with Crippen molar-refractivity contribution < 1.29 is 9.47 Å². The fourth-order valence-electron chi connectivity index (χ4n) is 6.98. The molecule has 4 saturated heterocycles. The maximum Gasteiger partial charge on any atom is 0.105 e. The Hall–Kier alpha value is -0.940. The number of hydrogen-bond donors (Lipinski definition) is 0. The normalized spacial score (nSPS) is 22.5. The highest BCUT2D eigenvalue weighted by molar-refractivity contribution is 4.89. The number of likely N-dealkylation sites (tertiary alicyclic amines) is 1. The lowest BCUT2D eigenvalue weighted by atomic mass is 10.0. The van der Waals surface area contributed by atoms with Crippen molar-refractivity contribution in [2.45, 2.75) is 158 Å². The summed E-state index contributed by atoms with van der Waals surface area (Å²) in [5.74, 6) is 0. The Bertz CT molecular complexity index is 915. The minimum Gasteiger partial charge on any atom is -0.498 e. The lowest BCUT2D eigenvalue weighted by Gasteiger charge is -2.42. The smallest absolute Gasteiger partial charge is 0.105 e. The van der Waals surface area contributed by atoms with Crippen molar-refractivity contribution >= 4 is 0 Å². The molecule has 316 valence electrons. The van der Waals surface area contributed by atoms with Gasteiger partial charge in [0, 0.05) is 99.3 Å². The van der Waals surface area contributed by atoms with Crippen molar-refractivity contribution in [3.8, 4) is 0 Å². The summed E-state index contributed by atoms with van der Waals surface area (Å²) < 4.78 is 10.3. The first-order chi connectivity index (χ1) is 24.4. The van der Waals surface area contributed by atoms with Crippen molar-refractivity contribution in [2.24, 2.45) is 0 Å². The van der Waals surface area contributed by atoms with Crippen molar-refractivity contribution in [1.82, 2.24) is 34.3 Å². The van der Waals surface area contributed by atoms with Crippen LogP contribution in [0.25, 0.3) is 0 Å². The standard InChI is InChI=1S/C10H22N2.C9H20N2.C9H19N.C8H17NO.C8H15NO/c1-5-11-6-8-12(9-7-11)10(2,3)4;1-9(2,3)11-7-5-10(4)6-8-11;1-9(2,3)10-7-5-4-6-8-10;2*1-8(2,3)9-4-6-10-7-5-9/h5-9H2,1-4H3;5-8H2,1-4H3;4-8H2,1-3H3;4-7H2,1-3H3;4,6H,5,7H2,1-3H3. The van der Waals surface area contributed by atoms with Gasteiger partial charge >= 0.3 is 0 Å². The van der Waals surface area contributed by atoms with Gasteiger partial charge in [0.25, 0.3) is 0 Å². The first-order valence-electron chi connectivity index (χ1n) is 21.4. The van der Waals surface area contributed by atoms with Gasteiger partial charge in [-0.1, -0.05) is 13.3 Å². The number of hydrogen-bond acceptors (Lipinski definition) is 9. The van der Waals surface area contributed by atoms with Gasteiger partial charge < -0.3 is 24.2 Å². The zero-order chi connectivity index (χ0) is 40.5. The first-order valence-corrected chi connectivity index (χ1v) is 21.4. The molecule has 9 nitrogen and oxygen atoms in total. The number of likely N-dealkylation sites (N-methyl/N-ethyl adjacent to an activating group) is 2. The van der Waals surface area contributed by atoms with Crippen LogP contribution in [0.1, 0.15) is 130 Å². The predicted octanol–water partition coefficient (Wildman–Crippen LogP) is 7.43. The van der Waals surface area contributed by atoms with Gasteiger partial charge in [-0.3, -0.25) is 19.6 Å². The van der Waals surface area contributed by atoms with Gasteiger partial charge in [-0.15, -0.1) is 0 Å². The van der Waals surface area contributed by atoms with Crippen LogP contribution in [-0.4, -0.2) is 180 Å². The van der Waals surface area contributed by atoms with E-state index in [4.69, 9.17) is 9.47 Å². The average molecular weight is 752 g/mol. The summed E-state index contributed by atoms with van der Waals surface area (Å²) in [4.78, 5) is 17.3. The largest absolute Gasteiger partial charge is 0.498 e. The molecule has 5 rings (SSSR count). The number of morpholine rings is 1. The number of nitrogens with zero attached hydrogens (tertiary/aromatic N) is 7. The van der Waals surface area contributed by atoms with Crippen LogP contribution in [0.15, 0.2) is 12.5 Å². The van der Waals surface area contributed by atoms with Crippen LogP contribution in [0, 0.1) is 0 Å². The second kappa shape index (κ2) is 23.3. The molecule has 0 atom stereocenters. The molecule has 0 aliphatic carbocycles. The maximum atomic E-state index is 5.25. The minimum absolute atomic E-state index is 0.236. The topological polar surface area (TPSA) is 41.1 Å². The Balaban J connectivity index is 0.000000332. The average Bonchev–Trinajstić information content (AvgIpc) is 3.09. The number of piperidine rings is 1. The monoisotopic (exact) mass is 752 g/mol. The lowest BCUT2D eigenvalue weighted by molar-refractivity contribution is -0.00389. The zero-order valence-corrected chi connectivity index (χ0v) is 38.7. The van der Waals surface area contributed by atoms with Crippen LogP contribution >= 0.6 is 0 Å². The van der Waals surface area contributed by atoms with E-state index >= 15 is 0 Å². The van der Waals surface area contributed by atoms with Gasteiger partial charge in [-0.05, 0) is 143 Å². The summed E-state index contributed by atoms with van der Waals surface area (Å²) in [5, 5.41) is 0. The predicted molar refractivity (Wildman–Crippen MR) is 231 cm³/mol. The summed E-state index contributed by atoms with van der Waals surface area (Å²) >= 11 is 0. The highest BCUT2D eigenvalue weighted by Gasteiger charge is 2.26. The van der Waals surface area contributed by atoms with Crippen LogP contribution in [0.4, 0.5) is 0 Å². The van der Waals surface area contributed by atoms with Gasteiger partial charge in [0.2, 0.25) is 0 Å². The molecule has 5 aliphatic rings. The first kappa shape index (κ1) is 50.1. The molecule has 0 unspecified atom stereocenters. The fraction of sp³-hybridized carbons (Fsp3) is 0.955. The van der Waals surface area contributed by atoms with E-state index in [9.17, 15) is 0 Å². The highest BCUT2D eigenvalue weighted by Crippen LogP contribution is 2.20. The van der Waals surface area contributed by atoms with Crippen LogP contribution in [0.5, 0.6) is 0 Å². The number of ether oxygens (including phenoxy) is 2. The third-order valence-corrected chi connectivity index (χ3v) is 11.1. The van der Waals surface area contributed by atoms with Gasteiger partial charge in [-0.25, -0.2) is 0 Å². The molecule has 5 heterocycles. The molecule has 0 amide bonds. The fourth-order valence-corrected chi connectivity index (χ4v) is 6.98. The maximum absolute atomic E-state index is 5.25. The molecule has 0 spiro atoms. The van der Waals surface area contributed by atoms with E-state index in [0.29, 0.717) is 22.2 Å². The molecule has 4 fully saturated rings. The van der Waals surface area contributed by atoms with Crippen LogP contribution < -0.4 is 0 Å². The highest BCUT2D eigenvalue weighted by atomic mass is 16.5. The minimum atomic E-state index is 0.236. The van der Waals surface area contributed by atoms with Gasteiger partial charge in [0.1, 0.15) is 6.61 Å². The van der Waals surface area contributed by atoms with Crippen molar-refractivity contribution in [3.63, 3.8) is 0 Å². The Morgan fingerprint density at radius 2 is 0.830 bits per heavy atom. The summed E-state index contributed by atoms with van der Waals surface area (Å²) in [6.07, 6.45) is 8.00. The summed E-state index contributed by atoms with van der Waals surface area (Å²) in [6.45, 7) is 55.7. The summed E-state index contributed by atoms with van der Waals surface area (Å²) in [5.41, 5.74) is 1.69. The molecule has 5 aliphatic heterocycles. The second-order valence-corrected chi connectivity index (χ2v) is 20.6. The molecule has 0 saturated carbocycles. The molecule has 0 aromatic carbocycles. The molecule has 9 heteroatoms. The van der Waals surface area contributed by atoms with Crippen LogP contribution in [0.2, 0.25) is 0 Å². The van der Waals surface area contributed by atoms with Crippen molar-refractivity contribution in [3.05, 3.63) is 12.5 Å². The Morgan fingerprint density at radius 3 is 1.13 bits per heavy atom. The molecular weight excluding hydrogens is 659 g/mol. The van der Waals surface area contributed by atoms with Crippen molar-refractivity contribution in [2.75, 3.05) is 118 Å². The number of piperazine rings is 2. The molecular formula is C44H93N7O2. The molecule has 0 radical (unpaired) electrons. The Labute approximate surface area is 331 Å². The summed E-state index contributed by atoms with van der Waals surface area (Å²) in [6, 6.07) is 0. The van der Waals surface area contributed by atoms with Gasteiger partial charge in [0.15, 0.2) is 0 Å². The van der Waals surface area contributed by atoms with E-state index in [1.165, 1.54) is 91.3 Å². The number of rotatable bonds is 1. The van der Waals surface area contributed by atoms with E-state index in [2.05, 4.69) is 152 Å². The SMILES string of the molecule is CC(C)(C)N1C=COCC1.CC(C)(C)N1CCCCC1.CC(C)(C)N1CCOCC1.CCN1CCN(C(C)(C)C)CC1.CN1CCN(C(C)(C)C)CC1. The van der Waals surface area contributed by atoms with E-state index in [1.807, 2.05) is 6.20 Å². The molecule has 0 bridgehead atoms. The molecule has 53 heavy (non-hydrogen) atoms. The van der Waals surface area contributed by atoms with E-state index in [0.717, 1.165) is 39.5 Å². The molecule has 0 aromatic heterocycles. The molecule has 0 aromatic rings. The lowest BCUT2D eigenvalue weighted by Crippen LogP contribution is -2.53. The second-order valence-electron chi connectivity index (χ2n) is 20.6. The molecule has 0 N–H and O–H groups in total. The van der Waals surface area contributed by atoms with E-state index < -0.39 is 0 Å². The Morgan fingerprint density at radius 1 is 0.434 bits per heavy atom.